The second kappa shape index (κ2) is 5.48. The average Bonchev–Trinajstić information content (AvgIpc) is 2.15. The fourth-order valence-electron chi connectivity index (χ4n) is 1.15. The third-order valence-corrected chi connectivity index (χ3v) is 2.87. The first-order valence-electron chi connectivity index (χ1n) is 4.76. The summed E-state index contributed by atoms with van der Waals surface area (Å²) < 4.78 is 39.6. The van der Waals surface area contributed by atoms with Gasteiger partial charge >= 0.3 is 7.12 Å². The van der Waals surface area contributed by atoms with Crippen molar-refractivity contribution in [3.63, 3.8) is 0 Å². The first kappa shape index (κ1) is 13.9. The molecule has 0 fully saturated rings. The number of benzene rings is 1. The van der Waals surface area contributed by atoms with Crippen molar-refractivity contribution in [1.82, 2.24) is 0 Å². The van der Waals surface area contributed by atoms with Crippen LogP contribution in [0.4, 0.5) is 4.39 Å². The van der Waals surface area contributed by atoms with E-state index in [1.54, 1.807) is 0 Å². The van der Waals surface area contributed by atoms with Gasteiger partial charge in [0.2, 0.25) is 0 Å². The minimum absolute atomic E-state index is 0.0140. The molecule has 8 heteroatoms. The van der Waals surface area contributed by atoms with Crippen molar-refractivity contribution in [2.75, 3.05) is 18.6 Å². The lowest BCUT2D eigenvalue weighted by Gasteiger charge is -2.10. The number of rotatable bonds is 5. The second-order valence-corrected chi connectivity index (χ2v) is 5.79. The van der Waals surface area contributed by atoms with E-state index in [4.69, 9.17) is 14.8 Å². The van der Waals surface area contributed by atoms with Crippen LogP contribution in [0.3, 0.4) is 0 Å². The summed E-state index contributed by atoms with van der Waals surface area (Å²) in [5, 5.41) is 18.0. The Morgan fingerprint density at radius 2 is 2.06 bits per heavy atom. The fraction of sp³-hybridized carbons (Fsp3) is 0.333. The minimum Gasteiger partial charge on any atom is -0.493 e. The molecule has 0 unspecified atom stereocenters. The second-order valence-electron chi connectivity index (χ2n) is 3.53. The van der Waals surface area contributed by atoms with Gasteiger partial charge < -0.3 is 14.8 Å². The van der Waals surface area contributed by atoms with E-state index in [1.807, 2.05) is 0 Å². The SMILES string of the molecule is CS(=O)(=O)CCOc1cc(F)ccc1B(O)O. The molecule has 0 saturated carbocycles. The van der Waals surface area contributed by atoms with Crippen LogP contribution in [0.15, 0.2) is 18.2 Å². The minimum atomic E-state index is -3.18. The quantitative estimate of drug-likeness (QED) is 0.660. The standard InChI is InChI=1S/C9H12BFO5S/c1-17(14,15)5-4-16-9-6-7(11)2-3-8(9)10(12)13/h2-3,6,12-13H,4-5H2,1H3. The molecule has 0 heterocycles. The van der Waals surface area contributed by atoms with Gasteiger partial charge in [0, 0.05) is 17.8 Å². The van der Waals surface area contributed by atoms with Crippen LogP contribution in [0.5, 0.6) is 5.75 Å². The summed E-state index contributed by atoms with van der Waals surface area (Å²) in [6.07, 6.45) is 1.05. The van der Waals surface area contributed by atoms with Crippen LogP contribution in [-0.2, 0) is 9.84 Å². The topological polar surface area (TPSA) is 83.8 Å². The molecule has 0 amide bonds. The van der Waals surface area contributed by atoms with Crippen molar-refractivity contribution >= 4 is 22.4 Å². The smallest absolute Gasteiger partial charge is 0.492 e. The lowest BCUT2D eigenvalue weighted by atomic mass is 9.79. The van der Waals surface area contributed by atoms with Gasteiger partial charge in [0.1, 0.15) is 18.2 Å². The molecular formula is C9H12BFO5S. The number of sulfone groups is 1. The molecule has 0 bridgehead atoms. The van der Waals surface area contributed by atoms with Crippen molar-refractivity contribution in [1.29, 1.82) is 0 Å². The van der Waals surface area contributed by atoms with E-state index in [1.165, 1.54) is 0 Å². The molecule has 0 radical (unpaired) electrons. The van der Waals surface area contributed by atoms with E-state index in [0.29, 0.717) is 0 Å². The Morgan fingerprint density at radius 1 is 1.41 bits per heavy atom. The third-order valence-electron chi connectivity index (χ3n) is 1.97. The van der Waals surface area contributed by atoms with Crippen molar-refractivity contribution in [3.8, 4) is 5.75 Å². The molecule has 5 nitrogen and oxygen atoms in total. The number of hydrogen-bond acceptors (Lipinski definition) is 5. The lowest BCUT2D eigenvalue weighted by molar-refractivity contribution is 0.339. The molecule has 0 aliphatic heterocycles. The van der Waals surface area contributed by atoms with Crippen LogP contribution in [0.1, 0.15) is 0 Å². The summed E-state index contributed by atoms with van der Waals surface area (Å²) in [5.41, 5.74) is -0.0140. The van der Waals surface area contributed by atoms with Gasteiger partial charge in [0.15, 0.2) is 9.84 Å². The molecule has 0 spiro atoms. The zero-order valence-electron chi connectivity index (χ0n) is 9.13. The Kier molecular flexibility index (Phi) is 4.50. The van der Waals surface area contributed by atoms with E-state index < -0.39 is 22.8 Å². The Bertz CT molecular complexity index is 488. The first-order valence-corrected chi connectivity index (χ1v) is 6.82. The van der Waals surface area contributed by atoms with Crippen LogP contribution in [0.25, 0.3) is 0 Å². The van der Waals surface area contributed by atoms with E-state index in [2.05, 4.69) is 0 Å². The zero-order chi connectivity index (χ0) is 13.1. The van der Waals surface area contributed by atoms with E-state index >= 15 is 0 Å². The summed E-state index contributed by atoms with van der Waals surface area (Å²) in [6.45, 7) is -0.179. The van der Waals surface area contributed by atoms with Crippen LogP contribution in [0.2, 0.25) is 0 Å². The summed E-state index contributed by atoms with van der Waals surface area (Å²) in [5.74, 6) is -0.919. The number of ether oxygens (including phenoxy) is 1. The number of hydrogen-bond donors (Lipinski definition) is 2. The maximum atomic E-state index is 12.9. The lowest BCUT2D eigenvalue weighted by Crippen LogP contribution is -2.32. The summed E-state index contributed by atoms with van der Waals surface area (Å²) >= 11 is 0. The molecule has 2 N–H and O–H groups in total. The maximum Gasteiger partial charge on any atom is 0.492 e. The molecular weight excluding hydrogens is 250 g/mol. The Balaban J connectivity index is 2.79. The maximum absolute atomic E-state index is 12.9. The largest absolute Gasteiger partial charge is 0.493 e. The van der Waals surface area contributed by atoms with E-state index in [0.717, 1.165) is 24.5 Å². The van der Waals surface area contributed by atoms with Gasteiger partial charge in [-0.2, -0.15) is 0 Å². The van der Waals surface area contributed by atoms with Crippen molar-refractivity contribution in [2.24, 2.45) is 0 Å². The summed E-state index contributed by atoms with van der Waals surface area (Å²) in [7, 11) is -4.98. The average molecular weight is 262 g/mol. The molecule has 0 saturated heterocycles. The van der Waals surface area contributed by atoms with Gasteiger partial charge in [0.25, 0.3) is 0 Å². The van der Waals surface area contributed by atoms with Gasteiger partial charge in [-0.25, -0.2) is 12.8 Å². The van der Waals surface area contributed by atoms with Gasteiger partial charge in [-0.05, 0) is 6.07 Å². The van der Waals surface area contributed by atoms with Crippen molar-refractivity contribution < 1.29 is 27.6 Å². The van der Waals surface area contributed by atoms with Gasteiger partial charge in [0.05, 0.1) is 5.75 Å². The highest BCUT2D eigenvalue weighted by Crippen LogP contribution is 2.10. The Hall–Kier alpha value is -1.12. The predicted octanol–water partition coefficient (Wildman–Crippen LogP) is -1.07. The molecule has 17 heavy (non-hydrogen) atoms. The predicted molar refractivity (Wildman–Crippen MR) is 61.4 cm³/mol. The highest BCUT2D eigenvalue weighted by molar-refractivity contribution is 7.90. The van der Waals surface area contributed by atoms with Crippen molar-refractivity contribution in [2.45, 2.75) is 0 Å². The normalized spacial score (nSPS) is 11.3. The highest BCUT2D eigenvalue weighted by atomic mass is 32.2. The molecule has 0 aliphatic rings. The number of halogens is 1. The molecule has 0 atom stereocenters. The van der Waals surface area contributed by atoms with Crippen LogP contribution < -0.4 is 10.2 Å². The van der Waals surface area contributed by atoms with Crippen molar-refractivity contribution in [3.05, 3.63) is 24.0 Å². The first-order chi connectivity index (χ1) is 7.79. The van der Waals surface area contributed by atoms with Crippen LogP contribution >= 0.6 is 0 Å². The van der Waals surface area contributed by atoms with Gasteiger partial charge in [-0.3, -0.25) is 0 Å². The van der Waals surface area contributed by atoms with E-state index in [9.17, 15) is 12.8 Å². The zero-order valence-corrected chi connectivity index (χ0v) is 9.95. The van der Waals surface area contributed by atoms with Gasteiger partial charge in [-0.1, -0.05) is 6.07 Å². The van der Waals surface area contributed by atoms with E-state index in [-0.39, 0.29) is 23.6 Å². The molecule has 1 aromatic carbocycles. The van der Waals surface area contributed by atoms with Crippen LogP contribution in [-0.4, -0.2) is 44.2 Å². The van der Waals surface area contributed by atoms with Gasteiger partial charge in [-0.15, -0.1) is 0 Å². The highest BCUT2D eigenvalue weighted by Gasteiger charge is 2.18. The molecule has 0 aromatic heterocycles. The molecule has 94 valence electrons. The summed E-state index contributed by atoms with van der Waals surface area (Å²) in [6, 6.07) is 3.19. The molecule has 1 rings (SSSR count). The fourth-order valence-corrected chi connectivity index (χ4v) is 1.54. The Morgan fingerprint density at radius 3 is 2.59 bits per heavy atom. The summed E-state index contributed by atoms with van der Waals surface area (Å²) in [4.78, 5) is 0. The Labute approximate surface area is 98.9 Å². The molecule has 0 aliphatic carbocycles. The van der Waals surface area contributed by atoms with Crippen LogP contribution in [0, 0.1) is 5.82 Å². The monoisotopic (exact) mass is 262 g/mol. The third kappa shape index (κ3) is 4.72. The molecule has 1 aromatic rings.